The van der Waals surface area contributed by atoms with E-state index in [9.17, 15) is 0 Å². The van der Waals surface area contributed by atoms with E-state index in [2.05, 4.69) is 40.2 Å². The second-order valence-corrected chi connectivity index (χ2v) is 8.82. The molecule has 0 aliphatic rings. The second-order valence-electron chi connectivity index (χ2n) is 8.38. The van der Waals surface area contributed by atoms with Crippen LogP contribution in [-0.2, 0) is 0 Å². The average molecular weight is 387 g/mol. The zero-order chi connectivity index (χ0) is 19.8. The fourth-order valence-corrected chi connectivity index (χ4v) is 3.73. The summed E-state index contributed by atoms with van der Waals surface area (Å²) in [5.41, 5.74) is 5.00. The van der Waals surface area contributed by atoms with Crippen LogP contribution in [0.4, 0.5) is 5.82 Å². The lowest BCUT2D eigenvalue weighted by Gasteiger charge is -2.27. The minimum absolute atomic E-state index is 0.164. The number of hydrogen-bond acceptors (Lipinski definition) is 3. The molecule has 144 valence electrons. The molecular weight excluding hydrogens is 358 g/mol. The number of aryl methyl sites for hydroxylation is 1. The summed E-state index contributed by atoms with van der Waals surface area (Å²) in [4.78, 5) is 6.16. The van der Waals surface area contributed by atoms with E-state index in [1.807, 2.05) is 41.8 Å². The minimum Gasteiger partial charge on any atom is -0.369 e. The molecular formula is C21H29ClN5+. The van der Waals surface area contributed by atoms with Gasteiger partial charge in [0.05, 0.1) is 26.3 Å². The lowest BCUT2D eigenvalue weighted by Crippen LogP contribution is -3.07. The molecule has 0 aliphatic carbocycles. The van der Waals surface area contributed by atoms with Crippen molar-refractivity contribution in [2.75, 3.05) is 32.5 Å². The van der Waals surface area contributed by atoms with Gasteiger partial charge in [0.1, 0.15) is 5.82 Å². The van der Waals surface area contributed by atoms with Crippen molar-refractivity contribution in [1.29, 1.82) is 0 Å². The largest absolute Gasteiger partial charge is 0.369 e. The highest BCUT2D eigenvalue weighted by atomic mass is 35.5. The van der Waals surface area contributed by atoms with E-state index in [0.717, 1.165) is 47.1 Å². The van der Waals surface area contributed by atoms with Gasteiger partial charge in [-0.25, -0.2) is 4.98 Å². The zero-order valence-corrected chi connectivity index (χ0v) is 17.8. The Morgan fingerprint density at radius 1 is 1.19 bits per heavy atom. The van der Waals surface area contributed by atoms with E-state index in [4.69, 9.17) is 21.7 Å². The Morgan fingerprint density at radius 3 is 2.59 bits per heavy atom. The molecule has 0 bridgehead atoms. The number of quaternary nitrogens is 1. The van der Waals surface area contributed by atoms with Gasteiger partial charge in [-0.15, -0.1) is 0 Å². The monoisotopic (exact) mass is 386 g/mol. The molecule has 2 N–H and O–H groups in total. The van der Waals surface area contributed by atoms with E-state index in [1.54, 1.807) is 0 Å². The molecule has 1 aromatic carbocycles. The number of hydrogen-bond donors (Lipinski definition) is 2. The zero-order valence-electron chi connectivity index (χ0n) is 17.0. The summed E-state index contributed by atoms with van der Waals surface area (Å²) in [5, 5.41) is 9.16. The highest BCUT2D eigenvalue weighted by Gasteiger charge is 2.23. The topological polar surface area (TPSA) is 46.7 Å². The molecule has 3 aromatic rings. The summed E-state index contributed by atoms with van der Waals surface area (Å²) in [5.74, 6) is 1.01. The Morgan fingerprint density at radius 2 is 1.93 bits per heavy atom. The first-order valence-electron chi connectivity index (χ1n) is 9.32. The third kappa shape index (κ3) is 4.42. The standard InChI is InChI=1S/C21H28ClN5/c1-14-15(2)24-19-11-18(16-8-7-9-17(22)10-16)25-27(19)20(14)23-12-21(3,4)13-26(5)6/h7-11,23H,12-13H2,1-6H3/p+1. The Labute approximate surface area is 166 Å². The van der Waals surface area contributed by atoms with Crippen molar-refractivity contribution in [3.63, 3.8) is 0 Å². The van der Waals surface area contributed by atoms with Crippen LogP contribution in [-0.4, -0.2) is 41.8 Å². The predicted octanol–water partition coefficient (Wildman–Crippen LogP) is 3.25. The normalized spacial score (nSPS) is 12.1. The molecule has 0 radical (unpaired) electrons. The first-order chi connectivity index (χ1) is 12.7. The number of anilines is 1. The smallest absolute Gasteiger partial charge is 0.158 e. The summed E-state index contributed by atoms with van der Waals surface area (Å²) >= 11 is 6.15. The third-order valence-electron chi connectivity index (χ3n) is 4.77. The Balaban J connectivity index is 2.00. The summed E-state index contributed by atoms with van der Waals surface area (Å²) < 4.78 is 1.91. The Kier molecular flexibility index (Phi) is 5.45. The molecule has 0 saturated carbocycles. The molecule has 6 heteroatoms. The van der Waals surface area contributed by atoms with Crippen LogP contribution < -0.4 is 10.2 Å². The summed E-state index contributed by atoms with van der Waals surface area (Å²) in [6.45, 7) is 10.7. The molecule has 0 fully saturated rings. The third-order valence-corrected chi connectivity index (χ3v) is 5.00. The molecule has 0 saturated heterocycles. The van der Waals surface area contributed by atoms with Crippen molar-refractivity contribution in [2.45, 2.75) is 27.7 Å². The number of fused-ring (bicyclic) bond motifs is 1. The first-order valence-corrected chi connectivity index (χ1v) is 9.70. The van der Waals surface area contributed by atoms with Crippen LogP contribution in [0.1, 0.15) is 25.1 Å². The maximum Gasteiger partial charge on any atom is 0.158 e. The van der Waals surface area contributed by atoms with Gasteiger partial charge in [-0.1, -0.05) is 37.6 Å². The van der Waals surface area contributed by atoms with Gasteiger partial charge in [-0.2, -0.15) is 9.61 Å². The van der Waals surface area contributed by atoms with E-state index in [1.165, 1.54) is 4.90 Å². The summed E-state index contributed by atoms with van der Waals surface area (Å²) in [6, 6.07) is 9.77. The summed E-state index contributed by atoms with van der Waals surface area (Å²) in [7, 11) is 4.37. The molecule has 0 atom stereocenters. The van der Waals surface area contributed by atoms with Gasteiger partial charge >= 0.3 is 0 Å². The van der Waals surface area contributed by atoms with Crippen LogP contribution in [0.15, 0.2) is 30.3 Å². The molecule has 2 aromatic heterocycles. The van der Waals surface area contributed by atoms with Crippen molar-refractivity contribution >= 4 is 23.1 Å². The molecule has 5 nitrogen and oxygen atoms in total. The van der Waals surface area contributed by atoms with Crippen molar-refractivity contribution in [3.8, 4) is 11.3 Å². The maximum absolute atomic E-state index is 6.15. The van der Waals surface area contributed by atoms with Crippen molar-refractivity contribution in [2.24, 2.45) is 5.41 Å². The van der Waals surface area contributed by atoms with Crippen LogP contribution in [0, 0.1) is 19.3 Å². The lowest BCUT2D eigenvalue weighted by atomic mass is 9.93. The second kappa shape index (κ2) is 7.49. The minimum atomic E-state index is 0.164. The molecule has 27 heavy (non-hydrogen) atoms. The average Bonchev–Trinajstić information content (AvgIpc) is 2.97. The van der Waals surface area contributed by atoms with E-state index >= 15 is 0 Å². The molecule has 0 unspecified atom stereocenters. The lowest BCUT2D eigenvalue weighted by molar-refractivity contribution is -0.865. The van der Waals surface area contributed by atoms with Gasteiger partial charge < -0.3 is 10.2 Å². The van der Waals surface area contributed by atoms with E-state index in [0.29, 0.717) is 5.02 Å². The highest BCUT2D eigenvalue weighted by molar-refractivity contribution is 6.30. The number of rotatable bonds is 6. The van der Waals surface area contributed by atoms with Gasteiger partial charge in [0.25, 0.3) is 0 Å². The van der Waals surface area contributed by atoms with Crippen molar-refractivity contribution in [1.82, 2.24) is 14.6 Å². The van der Waals surface area contributed by atoms with Gasteiger partial charge in [0.15, 0.2) is 5.65 Å². The Bertz CT molecular complexity index is 959. The van der Waals surface area contributed by atoms with E-state index in [-0.39, 0.29) is 5.41 Å². The van der Waals surface area contributed by atoms with Gasteiger partial charge in [-0.05, 0) is 26.0 Å². The van der Waals surface area contributed by atoms with E-state index < -0.39 is 0 Å². The van der Waals surface area contributed by atoms with Crippen LogP contribution in [0.3, 0.4) is 0 Å². The molecule has 0 spiro atoms. The fraction of sp³-hybridized carbons (Fsp3) is 0.429. The molecule has 0 amide bonds. The highest BCUT2D eigenvalue weighted by Crippen LogP contribution is 2.26. The van der Waals surface area contributed by atoms with Crippen LogP contribution >= 0.6 is 11.6 Å². The number of aromatic nitrogens is 3. The molecule has 2 heterocycles. The van der Waals surface area contributed by atoms with Crippen LogP contribution in [0.25, 0.3) is 16.9 Å². The first kappa shape index (κ1) is 19.6. The van der Waals surface area contributed by atoms with Crippen molar-refractivity contribution in [3.05, 3.63) is 46.6 Å². The summed E-state index contributed by atoms with van der Waals surface area (Å²) in [6.07, 6.45) is 0. The Hall–Kier alpha value is -2.11. The maximum atomic E-state index is 6.15. The number of benzene rings is 1. The molecule has 3 rings (SSSR count). The van der Waals surface area contributed by atoms with Gasteiger partial charge in [-0.3, -0.25) is 0 Å². The van der Waals surface area contributed by atoms with Crippen molar-refractivity contribution < 1.29 is 4.90 Å². The van der Waals surface area contributed by atoms with Gasteiger partial charge in [0, 0.05) is 39.9 Å². The fourth-order valence-electron chi connectivity index (χ4n) is 3.54. The number of halogens is 1. The quantitative estimate of drug-likeness (QED) is 0.683. The van der Waals surface area contributed by atoms with Crippen LogP contribution in [0.5, 0.6) is 0 Å². The van der Waals surface area contributed by atoms with Gasteiger partial charge in [0.2, 0.25) is 0 Å². The number of nitrogens with zero attached hydrogens (tertiary/aromatic N) is 3. The number of nitrogens with one attached hydrogen (secondary N) is 2. The SMILES string of the molecule is Cc1nc2cc(-c3cccc(Cl)c3)nn2c(NCC(C)(C)C[NH+](C)C)c1C. The predicted molar refractivity (Wildman–Crippen MR) is 113 cm³/mol. The van der Waals surface area contributed by atoms with Crippen LogP contribution in [0.2, 0.25) is 5.02 Å². The molecule has 0 aliphatic heterocycles.